The third-order valence-corrected chi connectivity index (χ3v) is 4.10. The maximum atomic E-state index is 12.7. The number of benzene rings is 1. The summed E-state index contributed by atoms with van der Waals surface area (Å²) in [6, 6.07) is 10.4. The van der Waals surface area contributed by atoms with Crippen molar-refractivity contribution in [2.75, 3.05) is 0 Å². The van der Waals surface area contributed by atoms with Crippen LogP contribution in [0.15, 0.2) is 30.3 Å². The Kier molecular flexibility index (Phi) is 2.98. The van der Waals surface area contributed by atoms with Gasteiger partial charge in [-0.3, -0.25) is 9.89 Å². The number of carbonyl (C=O) groups excluding carboxylic acids is 1. The van der Waals surface area contributed by atoms with Gasteiger partial charge < -0.3 is 4.90 Å². The molecule has 1 N–H and O–H groups in total. The highest BCUT2D eigenvalue weighted by atomic mass is 16.2. The van der Waals surface area contributed by atoms with Gasteiger partial charge >= 0.3 is 0 Å². The van der Waals surface area contributed by atoms with Crippen LogP contribution in [0, 0.1) is 0 Å². The summed E-state index contributed by atoms with van der Waals surface area (Å²) in [5.74, 6) is 1.63. The molecule has 1 amide bonds. The number of H-pyrrole nitrogens is 1. The van der Waals surface area contributed by atoms with E-state index in [0.29, 0.717) is 24.3 Å². The second kappa shape index (κ2) is 4.98. The number of aromatic amines is 1. The van der Waals surface area contributed by atoms with Crippen molar-refractivity contribution in [1.29, 1.82) is 0 Å². The Morgan fingerprint density at radius 3 is 2.62 bits per heavy atom. The Labute approximate surface area is 123 Å². The molecular weight excluding hydrogens is 264 g/mol. The van der Waals surface area contributed by atoms with Gasteiger partial charge in [-0.2, -0.15) is 0 Å². The lowest BCUT2D eigenvalue weighted by Crippen LogP contribution is -2.33. The molecule has 2 fully saturated rings. The maximum Gasteiger partial charge on any atom is 0.294 e. The zero-order valence-electron chi connectivity index (χ0n) is 11.8. The minimum atomic E-state index is -0.0514. The molecule has 0 atom stereocenters. The first kappa shape index (κ1) is 12.6. The van der Waals surface area contributed by atoms with Gasteiger partial charge in [-0.1, -0.05) is 30.3 Å². The SMILES string of the molecule is O=C(c1n[nH]c(C2CC2)n1)N(Cc1ccccc1)C1CC1. The molecule has 0 unspecified atom stereocenters. The molecule has 1 aromatic carbocycles. The van der Waals surface area contributed by atoms with E-state index in [9.17, 15) is 4.79 Å². The molecule has 0 radical (unpaired) electrons. The Morgan fingerprint density at radius 1 is 1.19 bits per heavy atom. The van der Waals surface area contributed by atoms with Gasteiger partial charge in [-0.25, -0.2) is 4.98 Å². The van der Waals surface area contributed by atoms with E-state index in [0.717, 1.165) is 37.1 Å². The Hall–Kier alpha value is -2.17. The second-order valence-corrected chi connectivity index (χ2v) is 5.97. The number of nitrogens with zero attached hydrogens (tertiary/aromatic N) is 3. The van der Waals surface area contributed by atoms with Crippen molar-refractivity contribution in [1.82, 2.24) is 20.1 Å². The van der Waals surface area contributed by atoms with E-state index in [1.54, 1.807) is 0 Å². The van der Waals surface area contributed by atoms with Gasteiger partial charge in [-0.05, 0) is 31.2 Å². The van der Waals surface area contributed by atoms with Gasteiger partial charge in [-0.15, -0.1) is 5.10 Å². The highest BCUT2D eigenvalue weighted by Gasteiger charge is 2.35. The molecule has 4 rings (SSSR count). The molecule has 0 aliphatic heterocycles. The Balaban J connectivity index is 1.53. The number of hydrogen-bond donors (Lipinski definition) is 1. The number of amides is 1. The first-order chi connectivity index (χ1) is 10.3. The summed E-state index contributed by atoms with van der Waals surface area (Å²) in [6.45, 7) is 0.637. The molecule has 5 nitrogen and oxygen atoms in total. The fourth-order valence-corrected chi connectivity index (χ4v) is 2.57. The molecule has 2 saturated carbocycles. The predicted octanol–water partition coefficient (Wildman–Crippen LogP) is 2.49. The average Bonchev–Trinajstić information content (AvgIpc) is 3.44. The number of hydrogen-bond acceptors (Lipinski definition) is 3. The van der Waals surface area contributed by atoms with Crippen LogP contribution in [0.2, 0.25) is 0 Å². The van der Waals surface area contributed by atoms with Crippen molar-refractivity contribution in [2.45, 2.75) is 44.2 Å². The molecule has 5 heteroatoms. The maximum absolute atomic E-state index is 12.7. The van der Waals surface area contributed by atoms with Crippen LogP contribution < -0.4 is 0 Å². The second-order valence-electron chi connectivity index (χ2n) is 5.97. The fraction of sp³-hybridized carbons (Fsp3) is 0.438. The molecule has 0 saturated heterocycles. The summed E-state index contributed by atoms with van der Waals surface area (Å²) < 4.78 is 0. The van der Waals surface area contributed by atoms with E-state index < -0.39 is 0 Å². The van der Waals surface area contributed by atoms with Crippen LogP contribution in [-0.4, -0.2) is 32.0 Å². The molecule has 0 spiro atoms. The lowest BCUT2D eigenvalue weighted by atomic mass is 10.2. The van der Waals surface area contributed by atoms with E-state index in [1.807, 2.05) is 23.1 Å². The molecule has 1 aromatic heterocycles. The summed E-state index contributed by atoms with van der Waals surface area (Å²) in [7, 11) is 0. The van der Waals surface area contributed by atoms with Crippen LogP contribution in [0.25, 0.3) is 0 Å². The van der Waals surface area contributed by atoms with Crippen molar-refractivity contribution in [3.8, 4) is 0 Å². The van der Waals surface area contributed by atoms with E-state index in [2.05, 4.69) is 27.3 Å². The highest BCUT2D eigenvalue weighted by Crippen LogP contribution is 2.38. The molecule has 2 aromatic rings. The van der Waals surface area contributed by atoms with E-state index in [4.69, 9.17) is 0 Å². The van der Waals surface area contributed by atoms with Crippen LogP contribution in [0.4, 0.5) is 0 Å². The predicted molar refractivity (Wildman–Crippen MR) is 77.7 cm³/mol. The topological polar surface area (TPSA) is 61.9 Å². The average molecular weight is 282 g/mol. The summed E-state index contributed by atoms with van der Waals surface area (Å²) in [6.07, 6.45) is 4.47. The van der Waals surface area contributed by atoms with Crippen molar-refractivity contribution >= 4 is 5.91 Å². The standard InChI is InChI=1S/C16H18N4O/c21-16(15-17-14(18-19-15)12-6-7-12)20(13-8-9-13)10-11-4-2-1-3-5-11/h1-5,12-13H,6-10H2,(H,17,18,19). The van der Waals surface area contributed by atoms with Crippen molar-refractivity contribution < 1.29 is 4.79 Å². The quantitative estimate of drug-likeness (QED) is 0.916. The minimum Gasteiger partial charge on any atom is -0.329 e. The lowest BCUT2D eigenvalue weighted by molar-refractivity contribution is 0.0718. The van der Waals surface area contributed by atoms with Crippen LogP contribution in [0.1, 0.15) is 53.6 Å². The number of nitrogens with one attached hydrogen (secondary N) is 1. The lowest BCUT2D eigenvalue weighted by Gasteiger charge is -2.20. The fourth-order valence-electron chi connectivity index (χ4n) is 2.57. The largest absolute Gasteiger partial charge is 0.329 e. The van der Waals surface area contributed by atoms with E-state index in [-0.39, 0.29) is 5.91 Å². The van der Waals surface area contributed by atoms with Crippen molar-refractivity contribution in [2.24, 2.45) is 0 Å². The van der Waals surface area contributed by atoms with Crippen molar-refractivity contribution in [3.63, 3.8) is 0 Å². The van der Waals surface area contributed by atoms with Crippen LogP contribution in [0.3, 0.4) is 0 Å². The molecule has 0 bridgehead atoms. The summed E-state index contributed by atoms with van der Waals surface area (Å²) in [5, 5.41) is 7.04. The van der Waals surface area contributed by atoms with E-state index in [1.165, 1.54) is 0 Å². The van der Waals surface area contributed by atoms with Gasteiger partial charge in [0, 0.05) is 18.5 Å². The summed E-state index contributed by atoms with van der Waals surface area (Å²) >= 11 is 0. The third kappa shape index (κ3) is 2.68. The number of carbonyl (C=O) groups is 1. The Bertz CT molecular complexity index is 643. The normalized spacial score (nSPS) is 17.7. The zero-order chi connectivity index (χ0) is 14.2. The van der Waals surface area contributed by atoms with Gasteiger partial charge in [0.15, 0.2) is 0 Å². The highest BCUT2D eigenvalue weighted by molar-refractivity contribution is 5.90. The molecule has 108 valence electrons. The van der Waals surface area contributed by atoms with Gasteiger partial charge in [0.25, 0.3) is 5.91 Å². The minimum absolute atomic E-state index is 0.0514. The first-order valence-electron chi connectivity index (χ1n) is 7.58. The van der Waals surface area contributed by atoms with Gasteiger partial charge in [0.2, 0.25) is 5.82 Å². The van der Waals surface area contributed by atoms with Gasteiger partial charge in [0.1, 0.15) is 5.82 Å². The summed E-state index contributed by atoms with van der Waals surface area (Å²) in [5.41, 5.74) is 1.15. The molecular formula is C16H18N4O. The zero-order valence-corrected chi connectivity index (χ0v) is 11.8. The van der Waals surface area contributed by atoms with Crippen LogP contribution in [0.5, 0.6) is 0 Å². The monoisotopic (exact) mass is 282 g/mol. The molecule has 1 heterocycles. The third-order valence-electron chi connectivity index (χ3n) is 4.10. The van der Waals surface area contributed by atoms with Crippen LogP contribution in [-0.2, 0) is 6.54 Å². The van der Waals surface area contributed by atoms with E-state index >= 15 is 0 Å². The van der Waals surface area contributed by atoms with Gasteiger partial charge in [0.05, 0.1) is 0 Å². The smallest absolute Gasteiger partial charge is 0.294 e. The molecule has 21 heavy (non-hydrogen) atoms. The summed E-state index contributed by atoms with van der Waals surface area (Å²) in [4.78, 5) is 19.0. The number of rotatable bonds is 5. The number of aromatic nitrogens is 3. The first-order valence-corrected chi connectivity index (χ1v) is 7.58. The molecule has 2 aliphatic rings. The van der Waals surface area contributed by atoms with Crippen molar-refractivity contribution in [3.05, 3.63) is 47.5 Å². The Morgan fingerprint density at radius 2 is 1.95 bits per heavy atom. The molecule has 2 aliphatic carbocycles. The van der Waals surface area contributed by atoms with Crippen LogP contribution >= 0.6 is 0 Å².